The molecule has 0 amide bonds. The maximum atomic E-state index is 11.5. The van der Waals surface area contributed by atoms with Gasteiger partial charge in [0, 0.05) is 11.0 Å². The molecule has 1 rings (SSSR count). The van der Waals surface area contributed by atoms with Crippen LogP contribution in [0.2, 0.25) is 4.34 Å². The minimum atomic E-state index is -0.550. The van der Waals surface area contributed by atoms with Crippen LogP contribution in [0.4, 0.5) is 0 Å². The molecular formula is C12H18ClNO2S. The molecule has 0 aliphatic carbocycles. The van der Waals surface area contributed by atoms with Gasteiger partial charge in [0.15, 0.2) is 0 Å². The van der Waals surface area contributed by atoms with E-state index in [4.69, 9.17) is 22.1 Å². The van der Waals surface area contributed by atoms with Gasteiger partial charge < -0.3 is 10.5 Å². The molecule has 0 saturated heterocycles. The fourth-order valence-corrected chi connectivity index (χ4v) is 2.68. The Morgan fingerprint density at radius 1 is 1.53 bits per heavy atom. The molecular weight excluding hydrogens is 258 g/mol. The third-order valence-corrected chi connectivity index (χ3v) is 4.44. The summed E-state index contributed by atoms with van der Waals surface area (Å²) < 4.78 is 5.44. The Morgan fingerprint density at radius 2 is 2.12 bits per heavy atom. The van der Waals surface area contributed by atoms with Crippen molar-refractivity contribution in [3.05, 3.63) is 21.3 Å². The highest BCUT2D eigenvalue weighted by molar-refractivity contribution is 7.14. The summed E-state index contributed by atoms with van der Waals surface area (Å²) in [6.07, 6.45) is 0.236. The first-order valence-electron chi connectivity index (χ1n) is 5.31. The van der Waals surface area contributed by atoms with Crippen LogP contribution in [0.3, 0.4) is 0 Å². The Labute approximate surface area is 111 Å². The largest absolute Gasteiger partial charge is 0.469 e. The van der Waals surface area contributed by atoms with Crippen molar-refractivity contribution in [2.75, 3.05) is 7.11 Å². The highest BCUT2D eigenvalue weighted by Crippen LogP contribution is 2.40. The Kier molecular flexibility index (Phi) is 4.23. The standard InChI is InChI=1S/C12H18ClNO2S/c1-11(2,14)12(3,6-10(15)16-4)8-5-9(13)17-7-8/h5,7H,6,14H2,1-4H3. The third-order valence-electron chi connectivity index (χ3n) is 3.35. The van der Waals surface area contributed by atoms with Crippen LogP contribution in [-0.4, -0.2) is 18.6 Å². The Bertz CT molecular complexity index is 411. The maximum absolute atomic E-state index is 11.5. The van der Waals surface area contributed by atoms with Gasteiger partial charge in [-0.25, -0.2) is 0 Å². The molecule has 5 heteroatoms. The zero-order valence-electron chi connectivity index (χ0n) is 10.5. The Hall–Kier alpha value is -0.580. The third kappa shape index (κ3) is 3.00. The monoisotopic (exact) mass is 275 g/mol. The quantitative estimate of drug-likeness (QED) is 0.860. The summed E-state index contributed by atoms with van der Waals surface area (Å²) in [7, 11) is 1.38. The van der Waals surface area contributed by atoms with Gasteiger partial charge in [0.2, 0.25) is 0 Å². The average Bonchev–Trinajstić information content (AvgIpc) is 2.63. The first-order chi connectivity index (χ1) is 7.70. The maximum Gasteiger partial charge on any atom is 0.306 e. The van der Waals surface area contributed by atoms with Crippen LogP contribution in [0.5, 0.6) is 0 Å². The summed E-state index contributed by atoms with van der Waals surface area (Å²) >= 11 is 7.39. The van der Waals surface area contributed by atoms with E-state index in [1.807, 2.05) is 32.2 Å². The van der Waals surface area contributed by atoms with E-state index in [1.54, 1.807) is 0 Å². The molecule has 1 heterocycles. The fraction of sp³-hybridized carbons (Fsp3) is 0.583. The van der Waals surface area contributed by atoms with Crippen molar-refractivity contribution in [3.63, 3.8) is 0 Å². The molecule has 0 saturated carbocycles. The lowest BCUT2D eigenvalue weighted by Gasteiger charge is -2.40. The van der Waals surface area contributed by atoms with E-state index in [1.165, 1.54) is 18.4 Å². The molecule has 1 aromatic rings. The molecule has 0 aromatic carbocycles. The second-order valence-corrected chi connectivity index (χ2v) is 6.49. The number of thiophene rings is 1. The van der Waals surface area contributed by atoms with Crippen molar-refractivity contribution in [2.24, 2.45) is 5.73 Å². The van der Waals surface area contributed by atoms with Crippen LogP contribution in [0.15, 0.2) is 11.4 Å². The fourth-order valence-electron chi connectivity index (χ4n) is 1.66. The van der Waals surface area contributed by atoms with Gasteiger partial charge in [0.25, 0.3) is 0 Å². The highest BCUT2D eigenvalue weighted by atomic mass is 35.5. The minimum Gasteiger partial charge on any atom is -0.469 e. The van der Waals surface area contributed by atoms with E-state index in [9.17, 15) is 4.79 Å². The number of carbonyl (C=O) groups excluding carboxylic acids is 1. The molecule has 2 N–H and O–H groups in total. The molecule has 0 spiro atoms. The average molecular weight is 276 g/mol. The van der Waals surface area contributed by atoms with E-state index in [0.29, 0.717) is 4.34 Å². The highest BCUT2D eigenvalue weighted by Gasteiger charge is 2.42. The van der Waals surface area contributed by atoms with Crippen LogP contribution < -0.4 is 5.73 Å². The number of nitrogens with two attached hydrogens (primary N) is 1. The van der Waals surface area contributed by atoms with Gasteiger partial charge in [-0.05, 0) is 30.9 Å². The molecule has 0 radical (unpaired) electrons. The van der Waals surface area contributed by atoms with Gasteiger partial charge in [-0.2, -0.15) is 0 Å². The predicted molar refractivity (Wildman–Crippen MR) is 71.6 cm³/mol. The lowest BCUT2D eigenvalue weighted by Crippen LogP contribution is -2.53. The number of carbonyl (C=O) groups is 1. The Morgan fingerprint density at radius 3 is 2.47 bits per heavy atom. The van der Waals surface area contributed by atoms with Gasteiger partial charge in [-0.15, -0.1) is 11.3 Å². The summed E-state index contributed by atoms with van der Waals surface area (Å²) in [4.78, 5) is 11.5. The van der Waals surface area contributed by atoms with Crippen LogP contribution in [-0.2, 0) is 14.9 Å². The van der Waals surface area contributed by atoms with Crippen molar-refractivity contribution in [1.29, 1.82) is 0 Å². The molecule has 1 atom stereocenters. The van der Waals surface area contributed by atoms with Crippen LogP contribution in [0.1, 0.15) is 32.8 Å². The zero-order valence-corrected chi connectivity index (χ0v) is 12.1. The first kappa shape index (κ1) is 14.5. The minimum absolute atomic E-state index is 0.236. The summed E-state index contributed by atoms with van der Waals surface area (Å²) in [6, 6.07) is 1.86. The molecule has 1 unspecified atom stereocenters. The molecule has 0 aliphatic rings. The van der Waals surface area contributed by atoms with Gasteiger partial charge in [0.1, 0.15) is 0 Å². The molecule has 0 bridgehead atoms. The first-order valence-corrected chi connectivity index (χ1v) is 6.56. The summed E-state index contributed by atoms with van der Waals surface area (Å²) in [5.41, 5.74) is 6.14. The summed E-state index contributed by atoms with van der Waals surface area (Å²) in [5, 5.41) is 1.94. The van der Waals surface area contributed by atoms with Gasteiger partial charge in [0.05, 0.1) is 17.9 Å². The van der Waals surface area contributed by atoms with E-state index in [0.717, 1.165) is 5.56 Å². The van der Waals surface area contributed by atoms with E-state index >= 15 is 0 Å². The van der Waals surface area contributed by atoms with Gasteiger partial charge >= 0.3 is 5.97 Å². The van der Waals surface area contributed by atoms with Crippen LogP contribution in [0, 0.1) is 0 Å². The topological polar surface area (TPSA) is 52.3 Å². The number of halogens is 1. The molecule has 0 fully saturated rings. The molecule has 1 aromatic heterocycles. The van der Waals surface area contributed by atoms with Crippen LogP contribution >= 0.6 is 22.9 Å². The summed E-state index contributed by atoms with van der Waals surface area (Å²) in [5.74, 6) is -0.270. The molecule has 17 heavy (non-hydrogen) atoms. The number of hydrogen-bond acceptors (Lipinski definition) is 4. The summed E-state index contributed by atoms with van der Waals surface area (Å²) in [6.45, 7) is 5.77. The number of ether oxygens (including phenoxy) is 1. The number of esters is 1. The number of rotatable bonds is 4. The van der Waals surface area contributed by atoms with E-state index in [2.05, 4.69) is 0 Å². The molecule has 3 nitrogen and oxygen atoms in total. The second kappa shape index (κ2) is 4.96. The van der Waals surface area contributed by atoms with Crippen molar-refractivity contribution < 1.29 is 9.53 Å². The molecule has 0 aliphatic heterocycles. The van der Waals surface area contributed by atoms with Crippen molar-refractivity contribution in [3.8, 4) is 0 Å². The Balaban J connectivity index is 3.15. The van der Waals surface area contributed by atoms with Crippen molar-refractivity contribution in [2.45, 2.75) is 38.1 Å². The van der Waals surface area contributed by atoms with E-state index in [-0.39, 0.29) is 12.4 Å². The normalized spacial score (nSPS) is 15.4. The van der Waals surface area contributed by atoms with Gasteiger partial charge in [-0.3, -0.25) is 4.79 Å². The number of hydrogen-bond donors (Lipinski definition) is 1. The van der Waals surface area contributed by atoms with Crippen molar-refractivity contribution >= 4 is 28.9 Å². The lowest BCUT2D eigenvalue weighted by atomic mass is 9.67. The SMILES string of the molecule is COC(=O)CC(C)(c1csc(Cl)c1)C(C)(C)N. The number of methoxy groups -OCH3 is 1. The lowest BCUT2D eigenvalue weighted by molar-refractivity contribution is -0.142. The smallest absolute Gasteiger partial charge is 0.306 e. The van der Waals surface area contributed by atoms with E-state index < -0.39 is 11.0 Å². The van der Waals surface area contributed by atoms with Gasteiger partial charge in [-0.1, -0.05) is 18.5 Å². The van der Waals surface area contributed by atoms with Crippen molar-refractivity contribution in [1.82, 2.24) is 0 Å². The second-order valence-electron chi connectivity index (χ2n) is 4.95. The zero-order chi connectivity index (χ0) is 13.3. The van der Waals surface area contributed by atoms with Crippen LogP contribution in [0.25, 0.3) is 0 Å². The molecule has 96 valence electrons. The predicted octanol–water partition coefficient (Wildman–Crippen LogP) is 2.96.